The first kappa shape index (κ1) is 17.0. The van der Waals surface area contributed by atoms with Gasteiger partial charge >= 0.3 is 0 Å². The summed E-state index contributed by atoms with van der Waals surface area (Å²) in [7, 11) is 1.93. The third-order valence-corrected chi connectivity index (χ3v) is 5.65. The number of aryl methyl sites for hydroxylation is 1. The van der Waals surface area contributed by atoms with Crippen molar-refractivity contribution in [2.75, 3.05) is 11.4 Å². The molecule has 1 aliphatic rings. The summed E-state index contributed by atoms with van der Waals surface area (Å²) in [5.41, 5.74) is 4.26. The van der Waals surface area contributed by atoms with E-state index in [0.717, 1.165) is 59.0 Å². The molecular weight excluding hydrogens is 376 g/mol. The molecule has 30 heavy (non-hydrogen) atoms. The number of aromatic nitrogens is 7. The fourth-order valence-electron chi connectivity index (χ4n) is 4.06. The normalized spacial score (nSPS) is 13.7. The van der Waals surface area contributed by atoms with E-state index in [4.69, 9.17) is 0 Å². The van der Waals surface area contributed by atoms with Gasteiger partial charge in [-0.15, -0.1) is 0 Å². The molecule has 1 aromatic carbocycles. The van der Waals surface area contributed by atoms with E-state index >= 15 is 0 Å². The van der Waals surface area contributed by atoms with Crippen molar-refractivity contribution < 1.29 is 0 Å². The van der Waals surface area contributed by atoms with Gasteiger partial charge in [0.05, 0.1) is 30.1 Å². The second-order valence-corrected chi connectivity index (χ2v) is 7.56. The van der Waals surface area contributed by atoms with Crippen LogP contribution in [0.15, 0.2) is 67.5 Å². The topological polar surface area (TPSA) is 69.6 Å². The summed E-state index contributed by atoms with van der Waals surface area (Å²) in [5, 5.41) is 10.0. The zero-order valence-electron chi connectivity index (χ0n) is 16.5. The van der Waals surface area contributed by atoms with Gasteiger partial charge in [0.1, 0.15) is 11.6 Å². The Kier molecular flexibility index (Phi) is 3.70. The Morgan fingerprint density at radius 2 is 1.87 bits per heavy atom. The van der Waals surface area contributed by atoms with Crippen LogP contribution in [0.25, 0.3) is 27.7 Å². The quantitative estimate of drug-likeness (QED) is 0.469. The molecule has 0 unspecified atom stereocenters. The third-order valence-electron chi connectivity index (χ3n) is 5.65. The summed E-state index contributed by atoms with van der Waals surface area (Å²) >= 11 is 0. The fourth-order valence-corrected chi connectivity index (χ4v) is 4.06. The maximum Gasteiger partial charge on any atom is 0.131 e. The van der Waals surface area contributed by atoms with Gasteiger partial charge in [0, 0.05) is 61.9 Å². The molecule has 0 spiro atoms. The lowest BCUT2D eigenvalue weighted by molar-refractivity contribution is 0.556. The first-order valence-electron chi connectivity index (χ1n) is 9.93. The van der Waals surface area contributed by atoms with Crippen LogP contribution >= 0.6 is 0 Å². The smallest absolute Gasteiger partial charge is 0.131 e. The van der Waals surface area contributed by atoms with Crippen molar-refractivity contribution in [2.24, 2.45) is 7.05 Å². The average molecular weight is 396 g/mol. The molecule has 8 nitrogen and oxygen atoms in total. The van der Waals surface area contributed by atoms with Gasteiger partial charge in [-0.05, 0) is 17.7 Å². The molecule has 8 heteroatoms. The van der Waals surface area contributed by atoms with Crippen molar-refractivity contribution in [3.05, 3.63) is 73.3 Å². The summed E-state index contributed by atoms with van der Waals surface area (Å²) in [6.45, 7) is 2.58. The van der Waals surface area contributed by atoms with E-state index in [1.807, 2.05) is 59.7 Å². The van der Waals surface area contributed by atoms with Crippen molar-refractivity contribution in [3.8, 4) is 16.8 Å². The summed E-state index contributed by atoms with van der Waals surface area (Å²) in [4.78, 5) is 11.3. The standard InChI is InChI=1S/C22H20N8/c1-27-14-18(13-25-27)16-2-3-17-12-26-30(20(17)10-16)19-4-5-23-21(11-19)29-9-8-28-7-6-24-22(28)15-29/h2-7,10-14H,8-9,15H2,1H3. The molecule has 0 atom stereocenters. The van der Waals surface area contributed by atoms with Gasteiger partial charge in [0.2, 0.25) is 0 Å². The van der Waals surface area contributed by atoms with Crippen LogP contribution in [0.2, 0.25) is 0 Å². The molecule has 0 saturated carbocycles. The van der Waals surface area contributed by atoms with E-state index in [9.17, 15) is 0 Å². The highest BCUT2D eigenvalue weighted by Crippen LogP contribution is 2.27. The van der Waals surface area contributed by atoms with Gasteiger partial charge in [-0.1, -0.05) is 12.1 Å². The molecule has 0 amide bonds. The molecule has 5 heterocycles. The molecule has 0 N–H and O–H groups in total. The van der Waals surface area contributed by atoms with Gasteiger partial charge in [-0.25, -0.2) is 14.6 Å². The van der Waals surface area contributed by atoms with Crippen LogP contribution in [0, 0.1) is 0 Å². The van der Waals surface area contributed by atoms with Crippen molar-refractivity contribution in [1.82, 2.24) is 34.1 Å². The van der Waals surface area contributed by atoms with Crippen molar-refractivity contribution in [1.29, 1.82) is 0 Å². The summed E-state index contributed by atoms with van der Waals surface area (Å²) in [6, 6.07) is 10.5. The second-order valence-electron chi connectivity index (χ2n) is 7.56. The summed E-state index contributed by atoms with van der Waals surface area (Å²) < 4.78 is 5.99. The summed E-state index contributed by atoms with van der Waals surface area (Å²) in [6.07, 6.45) is 11.5. The summed E-state index contributed by atoms with van der Waals surface area (Å²) in [5.74, 6) is 2.01. The fraction of sp³-hybridized carbons (Fsp3) is 0.182. The number of nitrogens with zero attached hydrogens (tertiary/aromatic N) is 8. The van der Waals surface area contributed by atoms with Gasteiger partial charge in [0.25, 0.3) is 0 Å². The molecule has 5 aromatic rings. The lowest BCUT2D eigenvalue weighted by Crippen LogP contribution is -2.34. The highest BCUT2D eigenvalue weighted by atomic mass is 15.3. The van der Waals surface area contributed by atoms with Crippen LogP contribution in [0.5, 0.6) is 0 Å². The van der Waals surface area contributed by atoms with Crippen molar-refractivity contribution in [2.45, 2.75) is 13.1 Å². The zero-order valence-corrected chi connectivity index (χ0v) is 16.5. The number of hydrogen-bond acceptors (Lipinski definition) is 5. The average Bonchev–Trinajstić information content (AvgIpc) is 3.52. The van der Waals surface area contributed by atoms with Crippen LogP contribution in [-0.2, 0) is 20.1 Å². The number of hydrogen-bond donors (Lipinski definition) is 0. The highest BCUT2D eigenvalue weighted by Gasteiger charge is 2.18. The molecule has 4 aromatic heterocycles. The number of anilines is 1. The molecule has 6 rings (SSSR count). The molecule has 0 bridgehead atoms. The van der Waals surface area contributed by atoms with Gasteiger partial charge in [-0.2, -0.15) is 10.2 Å². The molecule has 148 valence electrons. The van der Waals surface area contributed by atoms with E-state index in [0.29, 0.717) is 0 Å². The van der Waals surface area contributed by atoms with E-state index < -0.39 is 0 Å². The van der Waals surface area contributed by atoms with Gasteiger partial charge in [-0.3, -0.25) is 4.68 Å². The Balaban J connectivity index is 1.38. The van der Waals surface area contributed by atoms with Crippen molar-refractivity contribution >= 4 is 16.7 Å². The number of imidazole rings is 1. The monoisotopic (exact) mass is 396 g/mol. The van der Waals surface area contributed by atoms with Gasteiger partial charge < -0.3 is 9.47 Å². The maximum atomic E-state index is 4.65. The Morgan fingerprint density at radius 1 is 0.900 bits per heavy atom. The molecular formula is C22H20N8. The number of rotatable bonds is 3. The van der Waals surface area contributed by atoms with E-state index in [2.05, 4.69) is 53.9 Å². The predicted octanol–water partition coefficient (Wildman–Crippen LogP) is 3.04. The predicted molar refractivity (Wildman–Crippen MR) is 114 cm³/mol. The number of pyridine rings is 1. The molecule has 0 saturated heterocycles. The molecule has 1 aliphatic heterocycles. The largest absolute Gasteiger partial charge is 0.347 e. The SMILES string of the molecule is Cn1cc(-c2ccc3cnn(-c4ccnc(N5CCn6ccnc6C5)c4)c3c2)cn1. The first-order chi connectivity index (χ1) is 14.7. The Morgan fingerprint density at radius 3 is 2.77 bits per heavy atom. The number of benzene rings is 1. The second kappa shape index (κ2) is 6.55. The van der Waals surface area contributed by atoms with E-state index in [1.165, 1.54) is 0 Å². The molecule has 0 aliphatic carbocycles. The minimum atomic E-state index is 0.758. The van der Waals surface area contributed by atoms with E-state index in [1.54, 1.807) is 0 Å². The Hall–Kier alpha value is -3.94. The van der Waals surface area contributed by atoms with Crippen LogP contribution in [0.1, 0.15) is 5.82 Å². The highest BCUT2D eigenvalue weighted by molar-refractivity contribution is 5.85. The maximum absolute atomic E-state index is 4.65. The molecule has 0 radical (unpaired) electrons. The van der Waals surface area contributed by atoms with Crippen LogP contribution < -0.4 is 4.90 Å². The first-order valence-corrected chi connectivity index (χ1v) is 9.93. The lowest BCUT2D eigenvalue weighted by atomic mass is 10.1. The zero-order chi connectivity index (χ0) is 20.1. The van der Waals surface area contributed by atoms with Crippen LogP contribution in [-0.4, -0.2) is 40.6 Å². The van der Waals surface area contributed by atoms with Gasteiger partial charge in [0.15, 0.2) is 0 Å². The lowest BCUT2D eigenvalue weighted by Gasteiger charge is -2.28. The Labute approximate surface area is 173 Å². The molecule has 0 fully saturated rings. The van der Waals surface area contributed by atoms with Crippen molar-refractivity contribution in [3.63, 3.8) is 0 Å². The van der Waals surface area contributed by atoms with Crippen LogP contribution in [0.3, 0.4) is 0 Å². The minimum absolute atomic E-state index is 0.758. The third kappa shape index (κ3) is 2.76. The minimum Gasteiger partial charge on any atom is -0.347 e. The van der Waals surface area contributed by atoms with Crippen LogP contribution in [0.4, 0.5) is 5.82 Å². The van der Waals surface area contributed by atoms with E-state index in [-0.39, 0.29) is 0 Å². The number of fused-ring (bicyclic) bond motifs is 2. The Bertz CT molecular complexity index is 1360.